The van der Waals surface area contributed by atoms with Gasteiger partial charge in [0, 0.05) is 7.05 Å². The molecule has 5 heteroatoms. The summed E-state index contributed by atoms with van der Waals surface area (Å²) in [6, 6.07) is 7.85. The Balaban J connectivity index is 2.23. The average molecular weight is 259 g/mol. The summed E-state index contributed by atoms with van der Waals surface area (Å²) in [5.74, 6) is 0.859. The third kappa shape index (κ3) is 3.07. The minimum atomic E-state index is -1.11. The highest BCUT2D eigenvalue weighted by Crippen LogP contribution is 2.27. The molecule has 1 aromatic heterocycles. The van der Waals surface area contributed by atoms with Gasteiger partial charge < -0.3 is 8.99 Å². The lowest BCUT2D eigenvalue weighted by Gasteiger charge is -2.11. The molecule has 0 saturated carbocycles. The monoisotopic (exact) mass is 259 g/mol. The summed E-state index contributed by atoms with van der Waals surface area (Å²) in [5.41, 5.74) is 1.83. The SMILES string of the molecule is Cn1cncc1C=Nc1ccccc1O[SiH](C)C. The average Bonchev–Trinajstić information content (AvgIpc) is 2.73. The maximum absolute atomic E-state index is 5.85. The van der Waals surface area contributed by atoms with Crippen LogP contribution in [0.5, 0.6) is 5.75 Å². The van der Waals surface area contributed by atoms with Crippen molar-refractivity contribution in [3.63, 3.8) is 0 Å². The summed E-state index contributed by atoms with van der Waals surface area (Å²) < 4.78 is 7.77. The molecule has 2 rings (SSSR count). The predicted octanol–water partition coefficient (Wildman–Crippen LogP) is 2.53. The minimum Gasteiger partial charge on any atom is -0.546 e. The Morgan fingerprint density at radius 2 is 2.11 bits per heavy atom. The van der Waals surface area contributed by atoms with E-state index in [1.54, 1.807) is 18.7 Å². The molecule has 0 unspecified atom stereocenters. The zero-order chi connectivity index (χ0) is 13.0. The van der Waals surface area contributed by atoms with E-state index >= 15 is 0 Å². The van der Waals surface area contributed by atoms with E-state index in [-0.39, 0.29) is 0 Å². The Hall–Kier alpha value is -1.88. The van der Waals surface area contributed by atoms with Gasteiger partial charge in [-0.15, -0.1) is 0 Å². The standard InChI is InChI=1S/C13H17N3OSi/c1-16-10-14-8-11(16)9-15-12-6-4-5-7-13(12)17-18(2)3/h4-10,18H,1-3H3. The molecule has 0 aliphatic heterocycles. The second-order valence-electron chi connectivity index (χ2n) is 4.32. The number of aromatic nitrogens is 2. The molecular formula is C13H17N3OSi. The largest absolute Gasteiger partial charge is 0.546 e. The molecule has 0 N–H and O–H groups in total. The zero-order valence-corrected chi connectivity index (χ0v) is 12.0. The van der Waals surface area contributed by atoms with E-state index in [1.807, 2.05) is 35.9 Å². The topological polar surface area (TPSA) is 39.4 Å². The minimum absolute atomic E-state index is 0.859. The van der Waals surface area contributed by atoms with Crippen LogP contribution in [0, 0.1) is 0 Å². The maximum Gasteiger partial charge on any atom is 0.229 e. The van der Waals surface area contributed by atoms with Gasteiger partial charge in [-0.25, -0.2) is 4.98 Å². The van der Waals surface area contributed by atoms with Crippen LogP contribution < -0.4 is 4.43 Å². The Bertz CT molecular complexity index is 549. The molecule has 0 radical (unpaired) electrons. The summed E-state index contributed by atoms with van der Waals surface area (Å²) >= 11 is 0. The Kier molecular flexibility index (Phi) is 3.94. The van der Waals surface area contributed by atoms with Crippen LogP contribution in [0.2, 0.25) is 13.1 Å². The van der Waals surface area contributed by atoms with Crippen molar-refractivity contribution in [3.8, 4) is 5.75 Å². The number of benzene rings is 1. The molecular weight excluding hydrogens is 242 g/mol. The second kappa shape index (κ2) is 5.64. The Labute approximate surface area is 109 Å². The van der Waals surface area contributed by atoms with Crippen molar-refractivity contribution >= 4 is 20.9 Å². The van der Waals surface area contributed by atoms with Crippen molar-refractivity contribution in [3.05, 3.63) is 42.5 Å². The summed E-state index contributed by atoms with van der Waals surface area (Å²) in [6.45, 7) is 4.28. The van der Waals surface area contributed by atoms with Crippen molar-refractivity contribution in [1.82, 2.24) is 9.55 Å². The van der Waals surface area contributed by atoms with E-state index < -0.39 is 9.04 Å². The first-order valence-electron chi connectivity index (χ1n) is 5.93. The first kappa shape index (κ1) is 12.6. The molecule has 0 bridgehead atoms. The Morgan fingerprint density at radius 1 is 1.33 bits per heavy atom. The molecule has 0 aliphatic rings. The van der Waals surface area contributed by atoms with Gasteiger partial charge in [0.2, 0.25) is 9.04 Å². The van der Waals surface area contributed by atoms with E-state index in [2.05, 4.69) is 23.1 Å². The molecule has 0 spiro atoms. The highest BCUT2D eigenvalue weighted by molar-refractivity contribution is 6.49. The smallest absolute Gasteiger partial charge is 0.229 e. The van der Waals surface area contributed by atoms with Gasteiger partial charge in [0.15, 0.2) is 0 Å². The van der Waals surface area contributed by atoms with Crippen LogP contribution in [0.3, 0.4) is 0 Å². The number of para-hydroxylation sites is 2. The normalized spacial score (nSPS) is 11.3. The molecule has 94 valence electrons. The fourth-order valence-electron chi connectivity index (χ4n) is 1.54. The molecule has 4 nitrogen and oxygen atoms in total. The van der Waals surface area contributed by atoms with Gasteiger partial charge in [0.25, 0.3) is 0 Å². The summed E-state index contributed by atoms with van der Waals surface area (Å²) in [6.07, 6.45) is 5.34. The van der Waals surface area contributed by atoms with Gasteiger partial charge in [0.05, 0.1) is 24.4 Å². The number of hydrogen-bond acceptors (Lipinski definition) is 3. The summed E-state index contributed by atoms with van der Waals surface area (Å²) in [7, 11) is 0.829. The number of rotatable bonds is 4. The number of imidazole rings is 1. The van der Waals surface area contributed by atoms with Gasteiger partial charge in [-0.2, -0.15) is 0 Å². The molecule has 0 amide bonds. The lowest BCUT2D eigenvalue weighted by Crippen LogP contribution is -2.11. The van der Waals surface area contributed by atoms with Crippen LogP contribution in [0.25, 0.3) is 0 Å². The lowest BCUT2D eigenvalue weighted by molar-refractivity contribution is 0.582. The molecule has 1 aromatic carbocycles. The highest BCUT2D eigenvalue weighted by atomic mass is 28.3. The lowest BCUT2D eigenvalue weighted by atomic mass is 10.3. The highest BCUT2D eigenvalue weighted by Gasteiger charge is 2.04. The van der Waals surface area contributed by atoms with E-state index in [9.17, 15) is 0 Å². The first-order chi connectivity index (χ1) is 8.66. The van der Waals surface area contributed by atoms with Gasteiger partial charge in [-0.1, -0.05) is 12.1 Å². The molecule has 2 aromatic rings. The van der Waals surface area contributed by atoms with Crippen LogP contribution in [0.15, 0.2) is 41.8 Å². The van der Waals surface area contributed by atoms with Gasteiger partial charge in [0.1, 0.15) is 11.4 Å². The van der Waals surface area contributed by atoms with Crippen LogP contribution in [-0.2, 0) is 7.05 Å². The van der Waals surface area contributed by atoms with Crippen LogP contribution >= 0.6 is 0 Å². The van der Waals surface area contributed by atoms with E-state index in [0.717, 1.165) is 17.1 Å². The van der Waals surface area contributed by atoms with E-state index in [1.165, 1.54) is 0 Å². The third-order valence-corrected chi connectivity index (χ3v) is 3.14. The first-order valence-corrected chi connectivity index (χ1v) is 8.71. The molecule has 0 atom stereocenters. The molecule has 0 saturated heterocycles. The fraction of sp³-hybridized carbons (Fsp3) is 0.231. The molecule has 0 aliphatic carbocycles. The maximum atomic E-state index is 5.85. The van der Waals surface area contributed by atoms with Crippen molar-refractivity contribution in [2.45, 2.75) is 13.1 Å². The van der Waals surface area contributed by atoms with Gasteiger partial charge in [-0.05, 0) is 25.2 Å². The summed E-state index contributed by atoms with van der Waals surface area (Å²) in [4.78, 5) is 8.53. The number of nitrogens with zero attached hydrogens (tertiary/aromatic N) is 3. The zero-order valence-electron chi connectivity index (χ0n) is 10.9. The quantitative estimate of drug-likeness (QED) is 0.625. The van der Waals surface area contributed by atoms with E-state index in [4.69, 9.17) is 4.43 Å². The molecule has 18 heavy (non-hydrogen) atoms. The number of aryl methyl sites for hydroxylation is 1. The predicted molar refractivity (Wildman–Crippen MR) is 76.4 cm³/mol. The number of aliphatic imine (C=N–C) groups is 1. The number of hydrogen-bond donors (Lipinski definition) is 0. The molecule has 1 heterocycles. The van der Waals surface area contributed by atoms with Crippen molar-refractivity contribution in [1.29, 1.82) is 0 Å². The summed E-state index contributed by atoms with van der Waals surface area (Å²) in [5, 5.41) is 0. The van der Waals surface area contributed by atoms with Crippen molar-refractivity contribution < 1.29 is 4.43 Å². The van der Waals surface area contributed by atoms with Crippen molar-refractivity contribution in [2.24, 2.45) is 12.0 Å². The fourth-order valence-corrected chi connectivity index (χ4v) is 2.25. The van der Waals surface area contributed by atoms with E-state index in [0.29, 0.717) is 0 Å². The van der Waals surface area contributed by atoms with Gasteiger partial charge >= 0.3 is 0 Å². The molecule has 0 fully saturated rings. The van der Waals surface area contributed by atoms with Crippen molar-refractivity contribution in [2.75, 3.05) is 0 Å². The van der Waals surface area contributed by atoms with Crippen LogP contribution in [0.4, 0.5) is 5.69 Å². The third-order valence-electron chi connectivity index (χ3n) is 2.42. The van der Waals surface area contributed by atoms with Crippen LogP contribution in [-0.4, -0.2) is 24.8 Å². The Morgan fingerprint density at radius 3 is 2.78 bits per heavy atom. The van der Waals surface area contributed by atoms with Crippen LogP contribution in [0.1, 0.15) is 5.69 Å². The second-order valence-corrected chi connectivity index (χ2v) is 6.66. The van der Waals surface area contributed by atoms with Gasteiger partial charge in [-0.3, -0.25) is 4.99 Å².